The summed E-state index contributed by atoms with van der Waals surface area (Å²) in [7, 11) is 3.10. The zero-order valence-electron chi connectivity index (χ0n) is 17.4. The van der Waals surface area contributed by atoms with E-state index in [-0.39, 0.29) is 0 Å². The highest BCUT2D eigenvalue weighted by Crippen LogP contribution is 2.36. The van der Waals surface area contributed by atoms with Crippen LogP contribution in [0, 0.1) is 5.82 Å². The number of amidine groups is 1. The summed E-state index contributed by atoms with van der Waals surface area (Å²) in [5, 5.41) is 3.38. The number of nitrogens with one attached hydrogen (secondary N) is 1. The Morgan fingerprint density at radius 1 is 1.03 bits per heavy atom. The molecule has 2 unspecified atom stereocenters. The number of hydrogen-bond acceptors (Lipinski definition) is 5. The number of rotatable bonds is 6. The van der Waals surface area contributed by atoms with Crippen molar-refractivity contribution in [1.82, 2.24) is 10.2 Å². The number of fused-ring (bicyclic) bond motifs is 1. The average Bonchev–Trinajstić information content (AvgIpc) is 3.15. The van der Waals surface area contributed by atoms with Gasteiger partial charge in [-0.1, -0.05) is 18.2 Å². The Kier molecular flexibility index (Phi) is 5.92. The molecule has 32 heavy (non-hydrogen) atoms. The molecule has 2 aliphatic heterocycles. The Bertz CT molecular complexity index is 1100. The van der Waals surface area contributed by atoms with Crippen LogP contribution >= 0.6 is 0 Å². The second-order valence-electron chi connectivity index (χ2n) is 7.29. The van der Waals surface area contributed by atoms with Crippen LogP contribution in [0.15, 0.2) is 65.8 Å². The summed E-state index contributed by atoms with van der Waals surface area (Å²) in [6, 6.07) is 7.85. The first kappa shape index (κ1) is 21.9. The van der Waals surface area contributed by atoms with Gasteiger partial charge in [0, 0.05) is 12.7 Å². The molecule has 1 N–H and O–H groups in total. The highest BCUT2D eigenvalue weighted by Gasteiger charge is 2.38. The van der Waals surface area contributed by atoms with E-state index in [9.17, 15) is 17.6 Å². The second-order valence-corrected chi connectivity index (χ2v) is 7.29. The third-order valence-corrected chi connectivity index (χ3v) is 5.34. The number of allylic oxidation sites excluding steroid dienone is 2. The summed E-state index contributed by atoms with van der Waals surface area (Å²) < 4.78 is 63.8. The van der Waals surface area contributed by atoms with Gasteiger partial charge in [-0.25, -0.2) is 4.39 Å². The molecule has 0 radical (unpaired) electrons. The molecule has 2 aromatic rings. The lowest BCUT2D eigenvalue weighted by molar-refractivity contribution is -0.140. The van der Waals surface area contributed by atoms with E-state index in [1.165, 1.54) is 6.07 Å². The first-order valence-corrected chi connectivity index (χ1v) is 9.84. The predicted octanol–water partition coefficient (Wildman–Crippen LogP) is 4.82. The van der Waals surface area contributed by atoms with Gasteiger partial charge >= 0.3 is 6.18 Å². The lowest BCUT2D eigenvalue weighted by atomic mass is 10.0. The molecule has 0 aliphatic carbocycles. The topological polar surface area (TPSA) is 46.1 Å². The molecule has 5 nitrogen and oxygen atoms in total. The van der Waals surface area contributed by atoms with Gasteiger partial charge in [-0.15, -0.1) is 0 Å². The predicted molar refractivity (Wildman–Crippen MR) is 112 cm³/mol. The Balaban J connectivity index is 1.60. The molecule has 0 bridgehead atoms. The standard InChI is InChI=1S/C23H21F4N3O2/c1-31-18-9-6-14(11-19(18)32-2)13-28-22-21(29-20-5-3-4-10-30(20)22)15-7-8-16(17(24)12-15)23(25,26)27/h3-12,21-22,28H,13H2,1-2H3. The van der Waals surface area contributed by atoms with Crippen molar-refractivity contribution < 1.29 is 27.0 Å². The number of hydrogen-bond donors (Lipinski definition) is 1. The molecule has 0 amide bonds. The molecule has 0 aromatic heterocycles. The molecule has 0 spiro atoms. The van der Waals surface area contributed by atoms with E-state index in [0.29, 0.717) is 29.4 Å². The number of aliphatic imine (C=N–C) groups is 1. The molecule has 4 rings (SSSR count). The van der Waals surface area contributed by atoms with Crippen molar-refractivity contribution in [2.75, 3.05) is 14.2 Å². The highest BCUT2D eigenvalue weighted by atomic mass is 19.4. The van der Waals surface area contributed by atoms with Crippen LogP contribution in [-0.2, 0) is 12.7 Å². The van der Waals surface area contributed by atoms with Crippen LogP contribution in [-0.4, -0.2) is 31.1 Å². The van der Waals surface area contributed by atoms with Gasteiger partial charge in [-0.05, 0) is 47.5 Å². The molecule has 0 saturated heterocycles. The van der Waals surface area contributed by atoms with E-state index >= 15 is 0 Å². The molecule has 0 fully saturated rings. The molecular formula is C23H21F4N3O2. The zero-order valence-corrected chi connectivity index (χ0v) is 17.4. The van der Waals surface area contributed by atoms with Crippen molar-refractivity contribution in [3.05, 3.63) is 83.3 Å². The molecular weight excluding hydrogens is 426 g/mol. The monoisotopic (exact) mass is 447 g/mol. The molecule has 9 heteroatoms. The molecule has 168 valence electrons. The maximum absolute atomic E-state index is 14.2. The van der Waals surface area contributed by atoms with Gasteiger partial charge in [-0.3, -0.25) is 10.3 Å². The van der Waals surface area contributed by atoms with Crippen LogP contribution in [0.5, 0.6) is 11.5 Å². The lowest BCUT2D eigenvalue weighted by Gasteiger charge is -2.29. The maximum Gasteiger partial charge on any atom is 0.419 e. The highest BCUT2D eigenvalue weighted by molar-refractivity contribution is 5.96. The summed E-state index contributed by atoms with van der Waals surface area (Å²) in [6.45, 7) is 0.418. The fraction of sp³-hybridized carbons (Fsp3) is 0.261. The van der Waals surface area contributed by atoms with Gasteiger partial charge in [0.05, 0.1) is 19.8 Å². The molecule has 0 saturated carbocycles. The van der Waals surface area contributed by atoms with Crippen molar-refractivity contribution in [1.29, 1.82) is 0 Å². The zero-order chi connectivity index (χ0) is 22.9. The normalized spacial score (nSPS) is 19.7. The summed E-state index contributed by atoms with van der Waals surface area (Å²) in [6.07, 6.45) is 2.10. The molecule has 2 heterocycles. The minimum Gasteiger partial charge on any atom is -0.493 e. The fourth-order valence-electron chi connectivity index (χ4n) is 3.78. The van der Waals surface area contributed by atoms with Crippen molar-refractivity contribution in [2.24, 2.45) is 4.99 Å². The summed E-state index contributed by atoms with van der Waals surface area (Å²) >= 11 is 0. The third-order valence-electron chi connectivity index (χ3n) is 5.34. The van der Waals surface area contributed by atoms with Crippen LogP contribution in [0.3, 0.4) is 0 Å². The smallest absolute Gasteiger partial charge is 0.419 e. The number of methoxy groups -OCH3 is 2. The van der Waals surface area contributed by atoms with Crippen LogP contribution in [0.1, 0.15) is 22.7 Å². The third kappa shape index (κ3) is 4.20. The Hall–Kier alpha value is -3.33. The van der Waals surface area contributed by atoms with Crippen LogP contribution in [0.25, 0.3) is 0 Å². The van der Waals surface area contributed by atoms with Gasteiger partial charge in [0.1, 0.15) is 23.9 Å². The summed E-state index contributed by atoms with van der Waals surface area (Å²) in [5.41, 5.74) is -0.0340. The largest absolute Gasteiger partial charge is 0.493 e. The molecule has 2 atom stereocenters. The van der Waals surface area contributed by atoms with Crippen molar-refractivity contribution in [3.63, 3.8) is 0 Å². The van der Waals surface area contributed by atoms with Gasteiger partial charge < -0.3 is 14.4 Å². The fourth-order valence-corrected chi connectivity index (χ4v) is 3.78. The number of ether oxygens (including phenoxy) is 2. The van der Waals surface area contributed by atoms with Gasteiger partial charge in [0.25, 0.3) is 0 Å². The van der Waals surface area contributed by atoms with Crippen LogP contribution < -0.4 is 14.8 Å². The lowest BCUT2D eigenvalue weighted by Crippen LogP contribution is -2.44. The Labute approximate surface area is 182 Å². The Morgan fingerprint density at radius 2 is 1.81 bits per heavy atom. The minimum atomic E-state index is -4.75. The van der Waals surface area contributed by atoms with E-state index in [1.807, 2.05) is 35.4 Å². The first-order chi connectivity index (χ1) is 15.3. The van der Waals surface area contributed by atoms with Crippen LogP contribution in [0.4, 0.5) is 17.6 Å². The van der Waals surface area contributed by atoms with Gasteiger partial charge in [0.2, 0.25) is 0 Å². The second kappa shape index (κ2) is 8.66. The average molecular weight is 447 g/mol. The van der Waals surface area contributed by atoms with Gasteiger partial charge in [-0.2, -0.15) is 13.2 Å². The Morgan fingerprint density at radius 3 is 2.50 bits per heavy atom. The molecule has 2 aliphatic rings. The van der Waals surface area contributed by atoms with Gasteiger partial charge in [0.15, 0.2) is 11.5 Å². The van der Waals surface area contributed by atoms with E-state index in [2.05, 4.69) is 10.3 Å². The number of alkyl halides is 3. The van der Waals surface area contributed by atoms with Crippen molar-refractivity contribution in [3.8, 4) is 11.5 Å². The molecule has 2 aromatic carbocycles. The quantitative estimate of drug-likeness (QED) is 0.646. The van der Waals surface area contributed by atoms with Crippen molar-refractivity contribution >= 4 is 5.84 Å². The SMILES string of the molecule is COc1ccc(CNC2C(c3ccc(C(F)(F)F)c(F)c3)N=C3C=CC=CN32)cc1OC. The minimum absolute atomic E-state index is 0.351. The van der Waals surface area contributed by atoms with E-state index in [0.717, 1.165) is 17.7 Å². The maximum atomic E-state index is 14.2. The summed E-state index contributed by atoms with van der Waals surface area (Å²) in [4.78, 5) is 6.49. The van der Waals surface area contributed by atoms with E-state index in [4.69, 9.17) is 9.47 Å². The van der Waals surface area contributed by atoms with Crippen molar-refractivity contribution in [2.45, 2.75) is 24.9 Å². The summed E-state index contributed by atoms with van der Waals surface area (Å²) in [5.74, 6) is 0.509. The number of nitrogens with zero attached hydrogens (tertiary/aromatic N) is 2. The van der Waals surface area contributed by atoms with E-state index in [1.54, 1.807) is 26.4 Å². The van der Waals surface area contributed by atoms with Crippen LogP contribution in [0.2, 0.25) is 0 Å². The van der Waals surface area contributed by atoms with E-state index < -0.39 is 29.8 Å². The number of halogens is 4. The number of benzene rings is 2. The first-order valence-electron chi connectivity index (χ1n) is 9.84.